The maximum absolute atomic E-state index is 14.0. The van der Waals surface area contributed by atoms with Crippen molar-refractivity contribution in [3.05, 3.63) is 59.9 Å². The Hall–Kier alpha value is -2.80. The van der Waals surface area contributed by atoms with Crippen LogP contribution in [0.25, 0.3) is 0 Å². The van der Waals surface area contributed by atoms with E-state index in [9.17, 15) is 9.50 Å². The van der Waals surface area contributed by atoms with Crippen molar-refractivity contribution < 1.29 is 14.2 Å². The van der Waals surface area contributed by atoms with E-state index >= 15 is 0 Å². The molecule has 2 N–H and O–H groups in total. The highest BCUT2D eigenvalue weighted by Gasteiger charge is 2.35. The summed E-state index contributed by atoms with van der Waals surface area (Å²) in [5.41, 5.74) is 1.67. The molecule has 2 aliphatic heterocycles. The number of benzene rings is 2. The molecule has 0 spiro atoms. The lowest BCUT2D eigenvalue weighted by molar-refractivity contribution is 0.0529. The molecule has 2 aliphatic rings. The van der Waals surface area contributed by atoms with E-state index in [2.05, 4.69) is 22.0 Å². The molecule has 0 aliphatic carbocycles. The van der Waals surface area contributed by atoms with Crippen molar-refractivity contribution in [1.82, 2.24) is 10.2 Å². The number of hydrogen-bond acceptors (Lipinski definition) is 4. The van der Waals surface area contributed by atoms with Gasteiger partial charge in [0.2, 0.25) is 0 Å². The Morgan fingerprint density at radius 3 is 2.53 bits per heavy atom. The molecule has 7 heteroatoms. The van der Waals surface area contributed by atoms with Gasteiger partial charge in [0.25, 0.3) is 0 Å². The molecule has 2 fully saturated rings. The topological polar surface area (TPSA) is 60.3 Å². The average Bonchev–Trinajstić information content (AvgIpc) is 2.83. The maximum atomic E-state index is 14.0. The highest BCUT2D eigenvalue weighted by molar-refractivity contribution is 5.80. The Balaban J connectivity index is 1.49. The molecule has 2 heterocycles. The molecule has 0 aromatic heterocycles. The second-order valence-electron chi connectivity index (χ2n) is 8.54. The average molecular weight is 441 g/mol. The molecular formula is C25H33FN4O2. The zero-order valence-corrected chi connectivity index (χ0v) is 18.8. The molecule has 32 heavy (non-hydrogen) atoms. The third kappa shape index (κ3) is 4.99. The third-order valence-corrected chi connectivity index (χ3v) is 6.55. The lowest BCUT2D eigenvalue weighted by atomic mass is 9.74. The summed E-state index contributed by atoms with van der Waals surface area (Å²) in [5, 5.41) is 13.6. The van der Waals surface area contributed by atoms with Gasteiger partial charge in [0, 0.05) is 51.4 Å². The van der Waals surface area contributed by atoms with Crippen molar-refractivity contribution in [3.8, 4) is 5.75 Å². The minimum atomic E-state index is -0.210. The first-order valence-corrected chi connectivity index (χ1v) is 11.5. The van der Waals surface area contributed by atoms with Gasteiger partial charge >= 0.3 is 0 Å². The van der Waals surface area contributed by atoms with E-state index in [0.29, 0.717) is 25.5 Å². The van der Waals surface area contributed by atoms with Crippen LogP contribution < -0.4 is 10.2 Å². The van der Waals surface area contributed by atoms with Gasteiger partial charge in [0.1, 0.15) is 11.6 Å². The number of anilines is 1. The molecule has 6 nitrogen and oxygen atoms in total. The van der Waals surface area contributed by atoms with E-state index < -0.39 is 0 Å². The van der Waals surface area contributed by atoms with Crippen molar-refractivity contribution in [2.24, 2.45) is 4.99 Å². The molecule has 2 aromatic carbocycles. The molecule has 0 atom stereocenters. The van der Waals surface area contributed by atoms with Gasteiger partial charge in [-0.05, 0) is 49.6 Å². The molecule has 2 saturated heterocycles. The zero-order chi connectivity index (χ0) is 22.4. The third-order valence-electron chi connectivity index (χ3n) is 6.55. The summed E-state index contributed by atoms with van der Waals surface area (Å²) >= 11 is 0. The fourth-order valence-electron chi connectivity index (χ4n) is 4.66. The summed E-state index contributed by atoms with van der Waals surface area (Å²) in [6.07, 6.45) is 1.67. The summed E-state index contributed by atoms with van der Waals surface area (Å²) < 4.78 is 19.6. The number of guanidine groups is 1. The largest absolute Gasteiger partial charge is 0.506 e. The molecule has 0 bridgehead atoms. The van der Waals surface area contributed by atoms with Gasteiger partial charge in [-0.2, -0.15) is 0 Å². The van der Waals surface area contributed by atoms with E-state index in [-0.39, 0.29) is 11.2 Å². The summed E-state index contributed by atoms with van der Waals surface area (Å²) in [6, 6.07) is 14.4. The number of nitrogens with one attached hydrogen (secondary N) is 1. The van der Waals surface area contributed by atoms with Crippen molar-refractivity contribution >= 4 is 11.6 Å². The number of halogens is 1. The van der Waals surface area contributed by atoms with Gasteiger partial charge in [0.15, 0.2) is 5.96 Å². The Labute approximate surface area is 189 Å². The number of aromatic hydroxyl groups is 1. The summed E-state index contributed by atoms with van der Waals surface area (Å²) in [5.74, 6) is 1.01. The summed E-state index contributed by atoms with van der Waals surface area (Å²) in [7, 11) is 0. The Morgan fingerprint density at radius 1 is 1.09 bits per heavy atom. The van der Waals surface area contributed by atoms with E-state index in [1.54, 1.807) is 18.2 Å². The standard InChI is InChI=1S/C25H33FN4O2/c1-2-27-24(30-14-12-29(13-15-30)22-8-3-4-9-23(22)31)28-19-25(10-16-32-17-11-25)20-6-5-7-21(26)18-20/h3-9,18,31H,2,10-17,19H2,1H3,(H,27,28). The smallest absolute Gasteiger partial charge is 0.194 e. The first kappa shape index (κ1) is 22.4. The zero-order valence-electron chi connectivity index (χ0n) is 18.8. The molecular weight excluding hydrogens is 407 g/mol. The molecule has 0 amide bonds. The number of hydrogen-bond donors (Lipinski definition) is 2. The minimum Gasteiger partial charge on any atom is -0.506 e. The van der Waals surface area contributed by atoms with Crippen LogP contribution in [0.3, 0.4) is 0 Å². The van der Waals surface area contributed by atoms with E-state index in [4.69, 9.17) is 9.73 Å². The van der Waals surface area contributed by atoms with Gasteiger partial charge in [-0.1, -0.05) is 24.3 Å². The van der Waals surface area contributed by atoms with Crippen LogP contribution >= 0.6 is 0 Å². The minimum absolute atomic E-state index is 0.204. The Kier molecular flexibility index (Phi) is 7.15. The van der Waals surface area contributed by atoms with Crippen LogP contribution in [0.1, 0.15) is 25.3 Å². The monoisotopic (exact) mass is 440 g/mol. The fourth-order valence-corrected chi connectivity index (χ4v) is 4.66. The van der Waals surface area contributed by atoms with Crippen molar-refractivity contribution in [3.63, 3.8) is 0 Å². The lowest BCUT2D eigenvalue weighted by Gasteiger charge is -2.39. The molecule has 0 saturated carbocycles. The molecule has 0 unspecified atom stereocenters. The Bertz CT molecular complexity index is 922. The quantitative estimate of drug-likeness (QED) is 0.552. The van der Waals surface area contributed by atoms with Crippen molar-refractivity contribution in [2.45, 2.75) is 25.2 Å². The van der Waals surface area contributed by atoms with Gasteiger partial charge < -0.3 is 25.0 Å². The molecule has 4 rings (SSSR count). The van der Waals surface area contributed by atoms with E-state index in [1.807, 2.05) is 24.3 Å². The number of phenols is 1. The van der Waals surface area contributed by atoms with Crippen molar-refractivity contribution in [2.75, 3.05) is 57.4 Å². The number of rotatable bonds is 5. The van der Waals surface area contributed by atoms with Gasteiger partial charge in [-0.25, -0.2) is 4.39 Å². The number of ether oxygens (including phenoxy) is 1. The second-order valence-corrected chi connectivity index (χ2v) is 8.54. The second kappa shape index (κ2) is 10.2. The fraction of sp³-hybridized carbons (Fsp3) is 0.480. The maximum Gasteiger partial charge on any atom is 0.194 e. The highest BCUT2D eigenvalue weighted by Crippen LogP contribution is 2.35. The van der Waals surface area contributed by atoms with Crippen LogP contribution in [-0.2, 0) is 10.2 Å². The molecule has 172 valence electrons. The predicted octanol–water partition coefficient (Wildman–Crippen LogP) is 3.37. The molecule has 2 aromatic rings. The number of aliphatic imine (C=N–C) groups is 1. The van der Waals surface area contributed by atoms with Crippen LogP contribution in [0.15, 0.2) is 53.5 Å². The normalized spacial score (nSPS) is 19.1. The van der Waals surface area contributed by atoms with Crippen LogP contribution in [0, 0.1) is 5.82 Å². The number of phenolic OH excluding ortho intramolecular Hbond substituents is 1. The predicted molar refractivity (Wildman–Crippen MR) is 126 cm³/mol. The van der Waals surface area contributed by atoms with Crippen LogP contribution in [-0.4, -0.2) is 68.4 Å². The van der Waals surface area contributed by atoms with Crippen molar-refractivity contribution in [1.29, 1.82) is 0 Å². The van der Waals surface area contributed by atoms with Gasteiger partial charge in [0.05, 0.1) is 12.2 Å². The van der Waals surface area contributed by atoms with Gasteiger partial charge in [-0.3, -0.25) is 4.99 Å². The summed E-state index contributed by atoms with van der Waals surface area (Å²) in [4.78, 5) is 9.53. The number of para-hydroxylation sites is 2. The van der Waals surface area contributed by atoms with Gasteiger partial charge in [-0.15, -0.1) is 0 Å². The number of piperazine rings is 1. The number of nitrogens with zero attached hydrogens (tertiary/aromatic N) is 3. The SMILES string of the molecule is CCNC(=NCC1(c2cccc(F)c2)CCOCC1)N1CCN(c2ccccc2O)CC1. The first-order valence-electron chi connectivity index (χ1n) is 11.5. The molecule has 0 radical (unpaired) electrons. The summed E-state index contributed by atoms with van der Waals surface area (Å²) in [6.45, 7) is 8.05. The Morgan fingerprint density at radius 2 is 1.84 bits per heavy atom. The lowest BCUT2D eigenvalue weighted by Crippen LogP contribution is -2.53. The first-order chi connectivity index (χ1) is 15.6. The van der Waals surface area contributed by atoms with E-state index in [1.165, 1.54) is 6.07 Å². The van der Waals surface area contributed by atoms with E-state index in [0.717, 1.165) is 62.8 Å². The van der Waals surface area contributed by atoms with Crippen LogP contribution in [0.5, 0.6) is 5.75 Å². The highest BCUT2D eigenvalue weighted by atomic mass is 19.1. The van der Waals surface area contributed by atoms with Crippen LogP contribution in [0.2, 0.25) is 0 Å². The van der Waals surface area contributed by atoms with Crippen LogP contribution in [0.4, 0.5) is 10.1 Å².